The molecule has 0 aromatic heterocycles. The summed E-state index contributed by atoms with van der Waals surface area (Å²) in [5.74, 6) is -1.48. The summed E-state index contributed by atoms with van der Waals surface area (Å²) in [6.45, 7) is 3.22. The van der Waals surface area contributed by atoms with Crippen molar-refractivity contribution in [2.45, 2.75) is 32.6 Å². The molecule has 2 atom stereocenters. The maximum absolute atomic E-state index is 14.1. The van der Waals surface area contributed by atoms with Gasteiger partial charge in [0.25, 0.3) is 0 Å². The van der Waals surface area contributed by atoms with E-state index in [1.807, 2.05) is 12.1 Å². The van der Waals surface area contributed by atoms with Gasteiger partial charge in [0.1, 0.15) is 5.82 Å². The molecule has 156 valence electrons. The van der Waals surface area contributed by atoms with E-state index >= 15 is 0 Å². The molecule has 0 saturated heterocycles. The summed E-state index contributed by atoms with van der Waals surface area (Å²) in [5.41, 5.74) is 2.06. The van der Waals surface area contributed by atoms with E-state index in [4.69, 9.17) is 16.3 Å². The summed E-state index contributed by atoms with van der Waals surface area (Å²) < 4.78 is 19.1. The van der Waals surface area contributed by atoms with Gasteiger partial charge in [-0.15, -0.1) is 0 Å². The Balaban J connectivity index is 2.14. The van der Waals surface area contributed by atoms with Crippen LogP contribution >= 0.6 is 11.6 Å². The molecule has 0 saturated carbocycles. The highest BCUT2D eigenvalue weighted by atomic mass is 35.5. The first-order valence-electron chi connectivity index (χ1n) is 9.60. The normalized spacial score (nSPS) is 13.0. The lowest BCUT2D eigenvalue weighted by Gasteiger charge is -2.23. The van der Waals surface area contributed by atoms with Crippen LogP contribution in [0, 0.1) is 11.7 Å². The molecule has 2 rings (SSSR count). The number of aliphatic hydroxyl groups is 1. The van der Waals surface area contributed by atoms with Gasteiger partial charge < -0.3 is 20.1 Å². The van der Waals surface area contributed by atoms with Crippen molar-refractivity contribution in [3.63, 3.8) is 0 Å². The van der Waals surface area contributed by atoms with Gasteiger partial charge in [-0.3, -0.25) is 4.79 Å². The second kappa shape index (κ2) is 11.3. The summed E-state index contributed by atoms with van der Waals surface area (Å²) >= 11 is 5.97. The molecule has 3 N–H and O–H groups in total. The zero-order chi connectivity index (χ0) is 21.4. The van der Waals surface area contributed by atoms with Gasteiger partial charge in [-0.05, 0) is 55.9 Å². The van der Waals surface area contributed by atoms with Crippen LogP contribution in [0.1, 0.15) is 18.9 Å². The van der Waals surface area contributed by atoms with E-state index in [0.29, 0.717) is 29.0 Å². The van der Waals surface area contributed by atoms with Crippen molar-refractivity contribution in [2.24, 2.45) is 5.92 Å². The van der Waals surface area contributed by atoms with Crippen LogP contribution in [-0.2, 0) is 16.0 Å². The molecule has 0 aliphatic rings. The van der Waals surface area contributed by atoms with E-state index < -0.39 is 18.9 Å². The molecule has 0 bridgehead atoms. The first-order chi connectivity index (χ1) is 13.8. The summed E-state index contributed by atoms with van der Waals surface area (Å²) in [6.07, 6.45) is 0.823. The number of rotatable bonds is 10. The standard InChI is InChI=1S/C21H26BClFNO4/c1-3-29-21(27)16(13-26)11-18(25-22(2)28)10-14-4-6-15(7-5-14)19-12-17(23)8-9-20(19)24/h4-9,12,16,18,25-26,28H,3,10-11,13H2,1-2H3/t16-,18+/m0/s1. The van der Waals surface area contributed by atoms with Gasteiger partial charge >= 0.3 is 13.0 Å². The smallest absolute Gasteiger partial charge is 0.373 e. The topological polar surface area (TPSA) is 78.8 Å². The van der Waals surface area contributed by atoms with E-state index in [0.717, 1.165) is 5.56 Å². The lowest BCUT2D eigenvalue weighted by atomic mass is 9.83. The van der Waals surface area contributed by atoms with Crippen LogP contribution in [-0.4, -0.2) is 42.4 Å². The summed E-state index contributed by atoms with van der Waals surface area (Å²) in [6, 6.07) is 11.5. The summed E-state index contributed by atoms with van der Waals surface area (Å²) in [4.78, 5) is 12.0. The minimum absolute atomic E-state index is 0.241. The predicted octanol–water partition coefficient (Wildman–Crippen LogP) is 3.32. The van der Waals surface area contributed by atoms with Crippen molar-refractivity contribution in [2.75, 3.05) is 13.2 Å². The Bertz CT molecular complexity index is 804. The molecule has 0 heterocycles. The molecular weight excluding hydrogens is 395 g/mol. The van der Waals surface area contributed by atoms with Crippen molar-refractivity contribution in [3.8, 4) is 11.1 Å². The fourth-order valence-corrected chi connectivity index (χ4v) is 3.40. The number of ether oxygens (including phenoxy) is 1. The summed E-state index contributed by atoms with van der Waals surface area (Å²) in [7, 11) is -0.777. The van der Waals surface area contributed by atoms with Crippen LogP contribution in [0.5, 0.6) is 0 Å². The van der Waals surface area contributed by atoms with Gasteiger partial charge in [-0.25, -0.2) is 4.39 Å². The molecule has 0 radical (unpaired) electrons. The third kappa shape index (κ3) is 7.12. The maximum Gasteiger partial charge on any atom is 0.373 e. The SMILES string of the molecule is CCOC(=O)[C@H](CO)C[C@@H](Cc1ccc(-c2cc(Cl)ccc2F)cc1)NB(C)O. The second-order valence-electron chi connectivity index (χ2n) is 6.93. The zero-order valence-electron chi connectivity index (χ0n) is 16.6. The minimum atomic E-state index is -0.777. The molecule has 0 aliphatic carbocycles. The van der Waals surface area contributed by atoms with Gasteiger partial charge in [0, 0.05) is 16.6 Å². The Hall–Kier alpha value is -1.93. The highest BCUT2D eigenvalue weighted by molar-refractivity contribution is 6.45. The van der Waals surface area contributed by atoms with E-state index in [1.165, 1.54) is 12.1 Å². The van der Waals surface area contributed by atoms with Gasteiger partial charge in [-0.1, -0.05) is 35.9 Å². The van der Waals surface area contributed by atoms with Crippen LogP contribution in [0.3, 0.4) is 0 Å². The average Bonchev–Trinajstić information content (AvgIpc) is 2.68. The third-order valence-electron chi connectivity index (χ3n) is 4.56. The number of halogens is 2. The molecule has 5 nitrogen and oxygen atoms in total. The van der Waals surface area contributed by atoms with Crippen molar-refractivity contribution in [3.05, 3.63) is 58.9 Å². The number of carbonyl (C=O) groups excluding carboxylic acids is 1. The van der Waals surface area contributed by atoms with Crippen LogP contribution < -0.4 is 5.23 Å². The molecule has 0 spiro atoms. The highest BCUT2D eigenvalue weighted by Crippen LogP contribution is 2.26. The number of nitrogens with one attached hydrogen (secondary N) is 1. The molecule has 0 fully saturated rings. The fourth-order valence-electron chi connectivity index (χ4n) is 3.22. The number of aliphatic hydroxyl groups excluding tert-OH is 1. The van der Waals surface area contributed by atoms with Crippen LogP contribution in [0.15, 0.2) is 42.5 Å². The number of hydrogen-bond donors (Lipinski definition) is 3. The van der Waals surface area contributed by atoms with Crippen molar-refractivity contribution in [1.29, 1.82) is 0 Å². The molecule has 2 aromatic rings. The van der Waals surface area contributed by atoms with E-state index in [-0.39, 0.29) is 25.1 Å². The molecule has 0 amide bonds. The van der Waals surface area contributed by atoms with Crippen molar-refractivity contribution >= 4 is 24.6 Å². The maximum atomic E-state index is 14.1. The second-order valence-corrected chi connectivity index (χ2v) is 7.37. The Labute approximate surface area is 176 Å². The van der Waals surface area contributed by atoms with E-state index in [9.17, 15) is 19.3 Å². The zero-order valence-corrected chi connectivity index (χ0v) is 17.3. The Morgan fingerprint density at radius 2 is 1.97 bits per heavy atom. The Morgan fingerprint density at radius 3 is 2.55 bits per heavy atom. The molecule has 2 aromatic carbocycles. The average molecular weight is 422 g/mol. The predicted molar refractivity (Wildman–Crippen MR) is 113 cm³/mol. The van der Waals surface area contributed by atoms with Crippen LogP contribution in [0.4, 0.5) is 4.39 Å². The molecule has 0 aliphatic heterocycles. The number of carbonyl (C=O) groups is 1. The van der Waals surface area contributed by atoms with E-state index in [2.05, 4.69) is 5.23 Å². The van der Waals surface area contributed by atoms with Gasteiger partial charge in [0.05, 0.1) is 19.1 Å². The Morgan fingerprint density at radius 1 is 1.28 bits per heavy atom. The highest BCUT2D eigenvalue weighted by Gasteiger charge is 2.25. The number of benzene rings is 2. The van der Waals surface area contributed by atoms with Crippen molar-refractivity contribution in [1.82, 2.24) is 5.23 Å². The first kappa shape index (κ1) is 23.4. The van der Waals surface area contributed by atoms with Crippen LogP contribution in [0.2, 0.25) is 11.8 Å². The molecule has 0 unspecified atom stereocenters. The lowest BCUT2D eigenvalue weighted by Crippen LogP contribution is -2.43. The largest absolute Gasteiger partial charge is 0.466 e. The molecule has 29 heavy (non-hydrogen) atoms. The fraction of sp³-hybridized carbons (Fsp3) is 0.381. The minimum Gasteiger partial charge on any atom is -0.466 e. The van der Waals surface area contributed by atoms with E-state index in [1.54, 1.807) is 31.9 Å². The first-order valence-corrected chi connectivity index (χ1v) is 9.97. The lowest BCUT2D eigenvalue weighted by molar-refractivity contribution is -0.149. The van der Waals surface area contributed by atoms with Gasteiger partial charge in [0.2, 0.25) is 0 Å². The summed E-state index contributed by atoms with van der Waals surface area (Å²) in [5, 5.41) is 22.8. The molecular formula is C21H26BClFNO4. The quantitative estimate of drug-likeness (QED) is 0.405. The van der Waals surface area contributed by atoms with Crippen molar-refractivity contribution < 1.29 is 24.1 Å². The third-order valence-corrected chi connectivity index (χ3v) is 4.80. The Kier molecular flexibility index (Phi) is 9.11. The van der Waals surface area contributed by atoms with Gasteiger partial charge in [-0.2, -0.15) is 0 Å². The number of hydrogen-bond acceptors (Lipinski definition) is 5. The van der Waals surface area contributed by atoms with Crippen LogP contribution in [0.25, 0.3) is 11.1 Å². The van der Waals surface area contributed by atoms with Gasteiger partial charge in [0.15, 0.2) is 0 Å². The number of esters is 1. The monoisotopic (exact) mass is 421 g/mol. The molecule has 8 heteroatoms.